The average Bonchev–Trinajstić information content (AvgIpc) is 2.72. The molecule has 0 aliphatic heterocycles. The summed E-state index contributed by atoms with van der Waals surface area (Å²) < 4.78 is 38.5. The number of hydrogen-bond donors (Lipinski definition) is 1. The molecule has 0 radical (unpaired) electrons. The minimum absolute atomic E-state index is 0.141. The number of rotatable bonds is 10. The Labute approximate surface area is 179 Å². The molecule has 8 heteroatoms. The molecule has 0 atom stereocenters. The molecule has 0 saturated carbocycles. The summed E-state index contributed by atoms with van der Waals surface area (Å²) in [7, 11) is 0. The Balaban J connectivity index is 2.33. The highest BCUT2D eigenvalue weighted by molar-refractivity contribution is 5.97. The van der Waals surface area contributed by atoms with E-state index < -0.39 is 24.2 Å². The van der Waals surface area contributed by atoms with Crippen LogP contribution in [-0.2, 0) is 16.2 Å². The van der Waals surface area contributed by atoms with Crippen LogP contribution in [0.4, 0.5) is 8.78 Å². The Morgan fingerprint density at radius 2 is 1.61 bits per heavy atom. The van der Waals surface area contributed by atoms with Gasteiger partial charge in [-0.1, -0.05) is 6.07 Å². The summed E-state index contributed by atoms with van der Waals surface area (Å²) >= 11 is 0. The minimum atomic E-state index is -1.16. The smallest absolute Gasteiger partial charge is 0.341 e. The fraction of sp³-hybridized carbons (Fsp3) is 0.304. The number of nitrogens with zero attached hydrogens (tertiary/aromatic N) is 1. The van der Waals surface area contributed by atoms with E-state index in [-0.39, 0.29) is 29.6 Å². The van der Waals surface area contributed by atoms with E-state index in [2.05, 4.69) is 0 Å². The predicted octanol–water partition coefficient (Wildman–Crippen LogP) is 4.28. The molecule has 0 fully saturated rings. The number of aliphatic carboxylic acids is 1. The first-order valence-electron chi connectivity index (χ1n) is 9.78. The maximum absolute atomic E-state index is 13.9. The number of likely N-dealkylation sites (N-methyl/N-ethyl adjacent to an activating group) is 1. The highest BCUT2D eigenvalue weighted by Gasteiger charge is 2.13. The third kappa shape index (κ3) is 6.80. The molecule has 6 nitrogen and oxygen atoms in total. The lowest BCUT2D eigenvalue weighted by Gasteiger charge is -2.19. The zero-order valence-corrected chi connectivity index (χ0v) is 17.7. The summed E-state index contributed by atoms with van der Waals surface area (Å²) in [6.07, 6.45) is 1.62. The van der Waals surface area contributed by atoms with E-state index in [1.54, 1.807) is 30.0 Å². The number of hydrogen-bond acceptors (Lipinski definition) is 4. The van der Waals surface area contributed by atoms with Gasteiger partial charge < -0.3 is 19.5 Å². The van der Waals surface area contributed by atoms with Crippen molar-refractivity contribution >= 4 is 18.0 Å². The van der Waals surface area contributed by atoms with Crippen LogP contribution < -0.4 is 9.47 Å². The second-order valence-electron chi connectivity index (χ2n) is 6.71. The van der Waals surface area contributed by atoms with E-state index in [4.69, 9.17) is 14.6 Å². The summed E-state index contributed by atoms with van der Waals surface area (Å²) in [5, 5.41) is 8.86. The molecule has 0 unspecified atom stereocenters. The Morgan fingerprint density at radius 3 is 2.16 bits per heavy atom. The highest BCUT2D eigenvalue weighted by atomic mass is 19.1. The molecule has 1 N–H and O–H groups in total. The molecule has 2 rings (SSSR count). The van der Waals surface area contributed by atoms with Gasteiger partial charge in [0, 0.05) is 24.7 Å². The van der Waals surface area contributed by atoms with Crippen LogP contribution in [0.1, 0.15) is 31.9 Å². The molecule has 2 aromatic rings. The molecule has 1 amide bonds. The third-order valence-electron chi connectivity index (χ3n) is 4.48. The van der Waals surface area contributed by atoms with Crippen LogP contribution in [0, 0.1) is 11.6 Å². The Morgan fingerprint density at radius 1 is 1.03 bits per heavy atom. The van der Waals surface area contributed by atoms with Crippen LogP contribution in [-0.4, -0.2) is 41.6 Å². The van der Waals surface area contributed by atoms with Crippen LogP contribution in [0.25, 0.3) is 6.08 Å². The van der Waals surface area contributed by atoms with Crippen LogP contribution in [0.2, 0.25) is 0 Å². The number of carboxylic acids is 1. The van der Waals surface area contributed by atoms with Gasteiger partial charge in [0.15, 0.2) is 6.61 Å². The third-order valence-corrected chi connectivity index (χ3v) is 4.48. The van der Waals surface area contributed by atoms with E-state index in [9.17, 15) is 18.4 Å². The number of amides is 1. The molecule has 2 aromatic carbocycles. The fourth-order valence-electron chi connectivity index (χ4n) is 2.89. The largest absolute Gasteiger partial charge is 0.489 e. The zero-order chi connectivity index (χ0) is 23.0. The van der Waals surface area contributed by atoms with E-state index in [0.29, 0.717) is 24.2 Å². The number of halogens is 2. The second-order valence-corrected chi connectivity index (χ2v) is 6.71. The molecular weight excluding hydrogens is 408 g/mol. The van der Waals surface area contributed by atoms with Gasteiger partial charge in [-0.25, -0.2) is 13.6 Å². The quantitative estimate of drug-likeness (QED) is 0.566. The molecule has 0 spiro atoms. The van der Waals surface area contributed by atoms with Gasteiger partial charge in [-0.3, -0.25) is 4.79 Å². The SMILES string of the molecule is CCN(CC)C(=O)/C(C)=C\c1cc(OCC(=O)O)cc(OCc2c(F)cccc2F)c1. The van der Waals surface area contributed by atoms with E-state index >= 15 is 0 Å². The standard InChI is InChI=1S/C23H25F2NO5/c1-4-26(5-2)23(29)15(3)9-16-10-17(12-18(11-16)31-14-22(27)28)30-13-19-20(24)7-6-8-21(19)25/h6-12H,4-5,13-14H2,1-3H3,(H,27,28)/b15-9-. The number of carboxylic acid groups (broad SMARTS) is 1. The lowest BCUT2D eigenvalue weighted by Crippen LogP contribution is -2.30. The Bertz CT molecular complexity index is 950. The molecule has 0 heterocycles. The molecule has 0 bridgehead atoms. The van der Waals surface area contributed by atoms with Crippen molar-refractivity contribution in [2.75, 3.05) is 19.7 Å². The van der Waals surface area contributed by atoms with Crippen molar-refractivity contribution in [3.8, 4) is 11.5 Å². The lowest BCUT2D eigenvalue weighted by molar-refractivity contribution is -0.139. The van der Waals surface area contributed by atoms with Crippen molar-refractivity contribution in [3.63, 3.8) is 0 Å². The zero-order valence-electron chi connectivity index (χ0n) is 17.7. The monoisotopic (exact) mass is 433 g/mol. The second kappa shape index (κ2) is 11.1. The first kappa shape index (κ1) is 23.9. The van der Waals surface area contributed by atoms with Crippen LogP contribution in [0.15, 0.2) is 42.0 Å². The summed E-state index contributed by atoms with van der Waals surface area (Å²) in [4.78, 5) is 25.0. The van der Waals surface area contributed by atoms with Crippen LogP contribution in [0.5, 0.6) is 11.5 Å². The van der Waals surface area contributed by atoms with Gasteiger partial charge in [0.25, 0.3) is 0 Å². The number of carbonyl (C=O) groups is 2. The van der Waals surface area contributed by atoms with E-state index in [0.717, 1.165) is 12.1 Å². The molecular formula is C23H25F2NO5. The van der Waals surface area contributed by atoms with Gasteiger partial charge in [-0.2, -0.15) is 0 Å². The van der Waals surface area contributed by atoms with Gasteiger partial charge in [-0.05, 0) is 56.7 Å². The van der Waals surface area contributed by atoms with Crippen LogP contribution in [0.3, 0.4) is 0 Å². The molecule has 0 aliphatic rings. The van der Waals surface area contributed by atoms with Crippen molar-refractivity contribution in [3.05, 3.63) is 64.7 Å². The number of carbonyl (C=O) groups excluding carboxylic acids is 1. The number of ether oxygens (including phenoxy) is 2. The summed E-state index contributed by atoms with van der Waals surface area (Å²) in [6.45, 7) is 5.59. The fourth-order valence-corrected chi connectivity index (χ4v) is 2.89. The van der Waals surface area contributed by atoms with Gasteiger partial charge in [0.1, 0.15) is 29.7 Å². The Hall–Kier alpha value is -3.42. The highest BCUT2D eigenvalue weighted by Crippen LogP contribution is 2.26. The summed E-state index contributed by atoms with van der Waals surface area (Å²) in [5.41, 5.74) is 0.749. The van der Waals surface area contributed by atoms with Crippen molar-refractivity contribution in [2.45, 2.75) is 27.4 Å². The maximum Gasteiger partial charge on any atom is 0.341 e. The maximum atomic E-state index is 13.9. The van der Waals surface area contributed by atoms with Crippen molar-refractivity contribution in [1.82, 2.24) is 4.90 Å². The Kier molecular flexibility index (Phi) is 8.54. The minimum Gasteiger partial charge on any atom is -0.489 e. The van der Waals surface area contributed by atoms with Crippen molar-refractivity contribution < 1.29 is 33.0 Å². The molecule has 0 aromatic heterocycles. The summed E-state index contributed by atoms with van der Waals surface area (Å²) in [6, 6.07) is 8.06. The molecule has 166 valence electrons. The first-order valence-corrected chi connectivity index (χ1v) is 9.78. The van der Waals surface area contributed by atoms with Gasteiger partial charge in [0.2, 0.25) is 5.91 Å². The average molecular weight is 433 g/mol. The van der Waals surface area contributed by atoms with Gasteiger partial charge >= 0.3 is 5.97 Å². The first-order chi connectivity index (χ1) is 14.7. The van der Waals surface area contributed by atoms with Crippen molar-refractivity contribution in [2.24, 2.45) is 0 Å². The molecule has 0 saturated heterocycles. The topological polar surface area (TPSA) is 76.1 Å². The summed E-state index contributed by atoms with van der Waals surface area (Å²) in [5.74, 6) is -2.39. The van der Waals surface area contributed by atoms with Crippen LogP contribution >= 0.6 is 0 Å². The molecule has 31 heavy (non-hydrogen) atoms. The van der Waals surface area contributed by atoms with E-state index in [1.807, 2.05) is 13.8 Å². The molecule has 0 aliphatic carbocycles. The van der Waals surface area contributed by atoms with E-state index in [1.165, 1.54) is 12.1 Å². The normalized spacial score (nSPS) is 11.2. The number of benzene rings is 2. The lowest BCUT2D eigenvalue weighted by atomic mass is 10.1. The van der Waals surface area contributed by atoms with Gasteiger partial charge in [-0.15, -0.1) is 0 Å². The predicted molar refractivity (Wildman–Crippen MR) is 112 cm³/mol. The van der Waals surface area contributed by atoms with Crippen molar-refractivity contribution in [1.29, 1.82) is 0 Å². The van der Waals surface area contributed by atoms with Gasteiger partial charge in [0.05, 0.1) is 5.56 Å².